The van der Waals surface area contributed by atoms with E-state index in [1.54, 1.807) is 14.2 Å². The second kappa shape index (κ2) is 9.42. The molecule has 0 saturated carbocycles. The number of alkyl halides is 3. The monoisotopic (exact) mass is 374 g/mol. The zero-order chi connectivity index (χ0) is 19.8. The first-order chi connectivity index (χ1) is 12.1. The molecule has 0 aromatic heterocycles. The lowest BCUT2D eigenvalue weighted by atomic mass is 10.1. The first kappa shape index (κ1) is 21.8. The largest absolute Gasteiger partial charge is 0.416 e. The summed E-state index contributed by atoms with van der Waals surface area (Å²) in [5.74, 6) is 0.114. The van der Waals surface area contributed by atoms with Crippen molar-refractivity contribution in [2.75, 3.05) is 33.8 Å². The summed E-state index contributed by atoms with van der Waals surface area (Å²) in [7, 11) is 3.24. The Bertz CT molecular complexity index is 613. The first-order valence-corrected chi connectivity index (χ1v) is 8.04. The molecule has 9 heteroatoms. The minimum Gasteiger partial charge on any atom is -0.377 e. The fourth-order valence-corrected chi connectivity index (χ4v) is 1.86. The SMILES string of the molecule is CN=C(NCCNC(=O)c1ccc(C(F)(F)F)cc1)NCC(C)(C)OC. The van der Waals surface area contributed by atoms with Gasteiger partial charge < -0.3 is 20.7 Å². The molecule has 1 aromatic carbocycles. The molecule has 0 fully saturated rings. The van der Waals surface area contributed by atoms with Crippen LogP contribution in [0.5, 0.6) is 0 Å². The topological polar surface area (TPSA) is 74.8 Å². The number of halogens is 3. The van der Waals surface area contributed by atoms with Crippen LogP contribution in [0.3, 0.4) is 0 Å². The summed E-state index contributed by atoms with van der Waals surface area (Å²) in [6.07, 6.45) is -4.42. The zero-order valence-electron chi connectivity index (χ0n) is 15.3. The van der Waals surface area contributed by atoms with E-state index in [9.17, 15) is 18.0 Å². The Labute approximate surface area is 151 Å². The average molecular weight is 374 g/mol. The lowest BCUT2D eigenvalue weighted by Crippen LogP contribution is -2.46. The number of benzene rings is 1. The summed E-state index contributed by atoms with van der Waals surface area (Å²) in [6.45, 7) is 5.09. The molecule has 0 spiro atoms. The molecule has 6 nitrogen and oxygen atoms in total. The highest BCUT2D eigenvalue weighted by molar-refractivity contribution is 5.94. The van der Waals surface area contributed by atoms with Gasteiger partial charge in [-0.2, -0.15) is 13.2 Å². The van der Waals surface area contributed by atoms with Crippen molar-refractivity contribution in [3.8, 4) is 0 Å². The number of methoxy groups -OCH3 is 1. The maximum absolute atomic E-state index is 12.5. The standard InChI is InChI=1S/C17H25F3N4O2/c1-16(2,26-4)11-24-15(21-3)23-10-9-22-14(25)12-5-7-13(8-6-12)17(18,19)20/h5-8H,9-11H2,1-4H3,(H,22,25)(H2,21,23,24). The molecule has 0 radical (unpaired) electrons. The number of carbonyl (C=O) groups excluding carboxylic acids is 1. The maximum Gasteiger partial charge on any atom is 0.416 e. The van der Waals surface area contributed by atoms with Gasteiger partial charge in [-0.05, 0) is 38.1 Å². The van der Waals surface area contributed by atoms with Gasteiger partial charge in [0.05, 0.1) is 11.2 Å². The highest BCUT2D eigenvalue weighted by Crippen LogP contribution is 2.28. The van der Waals surface area contributed by atoms with E-state index >= 15 is 0 Å². The van der Waals surface area contributed by atoms with Gasteiger partial charge in [0.1, 0.15) is 0 Å². The van der Waals surface area contributed by atoms with E-state index < -0.39 is 17.6 Å². The van der Waals surface area contributed by atoms with Gasteiger partial charge in [0.15, 0.2) is 5.96 Å². The summed E-state index contributed by atoms with van der Waals surface area (Å²) in [4.78, 5) is 16.0. The predicted molar refractivity (Wildman–Crippen MR) is 94.2 cm³/mol. The van der Waals surface area contributed by atoms with Crippen LogP contribution in [0.4, 0.5) is 13.2 Å². The smallest absolute Gasteiger partial charge is 0.377 e. The highest BCUT2D eigenvalue weighted by Gasteiger charge is 2.30. The second-order valence-corrected chi connectivity index (χ2v) is 6.15. The minimum absolute atomic E-state index is 0.169. The van der Waals surface area contributed by atoms with E-state index in [2.05, 4.69) is 20.9 Å². The van der Waals surface area contributed by atoms with Crippen LogP contribution in [-0.2, 0) is 10.9 Å². The molecule has 0 atom stereocenters. The summed E-state index contributed by atoms with van der Waals surface area (Å²) < 4.78 is 42.8. The van der Waals surface area contributed by atoms with E-state index in [1.807, 2.05) is 13.8 Å². The molecule has 26 heavy (non-hydrogen) atoms. The van der Waals surface area contributed by atoms with Crippen molar-refractivity contribution < 1.29 is 22.7 Å². The number of nitrogens with one attached hydrogen (secondary N) is 3. The van der Waals surface area contributed by atoms with Gasteiger partial charge >= 0.3 is 6.18 Å². The van der Waals surface area contributed by atoms with Crippen LogP contribution in [0.1, 0.15) is 29.8 Å². The van der Waals surface area contributed by atoms with Crippen LogP contribution >= 0.6 is 0 Å². The normalized spacial score (nSPS) is 12.7. The van der Waals surface area contributed by atoms with E-state index in [0.717, 1.165) is 24.3 Å². The van der Waals surface area contributed by atoms with Crippen molar-refractivity contribution in [3.63, 3.8) is 0 Å². The van der Waals surface area contributed by atoms with Gasteiger partial charge in [-0.1, -0.05) is 0 Å². The van der Waals surface area contributed by atoms with Crippen molar-refractivity contribution in [1.29, 1.82) is 0 Å². The fraction of sp³-hybridized carbons (Fsp3) is 0.529. The highest BCUT2D eigenvalue weighted by atomic mass is 19.4. The number of rotatable bonds is 7. The van der Waals surface area contributed by atoms with Crippen molar-refractivity contribution in [2.45, 2.75) is 25.6 Å². The molecule has 0 unspecified atom stereocenters. The van der Waals surface area contributed by atoms with Crippen molar-refractivity contribution in [3.05, 3.63) is 35.4 Å². The van der Waals surface area contributed by atoms with Gasteiger partial charge in [0.2, 0.25) is 0 Å². The van der Waals surface area contributed by atoms with Gasteiger partial charge in [-0.3, -0.25) is 9.79 Å². The zero-order valence-corrected chi connectivity index (χ0v) is 15.3. The molecule has 3 N–H and O–H groups in total. The van der Waals surface area contributed by atoms with Gasteiger partial charge in [0.25, 0.3) is 5.91 Å². The Morgan fingerprint density at radius 1 is 1.08 bits per heavy atom. The molecule has 0 aliphatic carbocycles. The summed E-state index contributed by atoms with van der Waals surface area (Å²) in [6, 6.07) is 4.07. The molecule has 1 amide bonds. The van der Waals surface area contributed by atoms with Crippen LogP contribution in [-0.4, -0.2) is 51.3 Å². The molecular formula is C17H25F3N4O2. The molecule has 0 aliphatic rings. The van der Waals surface area contributed by atoms with Gasteiger partial charge in [-0.15, -0.1) is 0 Å². The summed E-state index contributed by atoms with van der Waals surface area (Å²) >= 11 is 0. The van der Waals surface area contributed by atoms with Crippen molar-refractivity contribution in [1.82, 2.24) is 16.0 Å². The summed E-state index contributed by atoms with van der Waals surface area (Å²) in [5.41, 5.74) is -0.971. The van der Waals surface area contributed by atoms with Crippen molar-refractivity contribution in [2.24, 2.45) is 4.99 Å². The van der Waals surface area contributed by atoms with Crippen LogP contribution in [0, 0.1) is 0 Å². The Morgan fingerprint density at radius 3 is 2.15 bits per heavy atom. The van der Waals surface area contributed by atoms with Crippen LogP contribution in [0.15, 0.2) is 29.3 Å². The second-order valence-electron chi connectivity index (χ2n) is 6.15. The lowest BCUT2D eigenvalue weighted by molar-refractivity contribution is -0.137. The number of carbonyl (C=O) groups is 1. The van der Waals surface area contributed by atoms with E-state index in [4.69, 9.17) is 4.74 Å². The number of guanidine groups is 1. The third kappa shape index (κ3) is 7.30. The fourth-order valence-electron chi connectivity index (χ4n) is 1.86. The molecule has 1 aromatic rings. The number of nitrogens with zero attached hydrogens (tertiary/aromatic N) is 1. The number of amides is 1. The van der Waals surface area contributed by atoms with E-state index in [1.165, 1.54) is 0 Å². The molecule has 0 heterocycles. The number of ether oxygens (including phenoxy) is 1. The summed E-state index contributed by atoms with van der Waals surface area (Å²) in [5, 5.41) is 8.75. The van der Waals surface area contributed by atoms with Crippen LogP contribution in [0.2, 0.25) is 0 Å². The van der Waals surface area contributed by atoms with Crippen LogP contribution in [0.25, 0.3) is 0 Å². The average Bonchev–Trinajstić information content (AvgIpc) is 2.60. The van der Waals surface area contributed by atoms with E-state index in [-0.39, 0.29) is 17.7 Å². The Balaban J connectivity index is 2.39. The molecular weight excluding hydrogens is 349 g/mol. The molecule has 1 rings (SSSR count). The Hall–Kier alpha value is -2.29. The first-order valence-electron chi connectivity index (χ1n) is 8.04. The Kier molecular flexibility index (Phi) is 7.88. The molecule has 0 aliphatic heterocycles. The minimum atomic E-state index is -4.42. The van der Waals surface area contributed by atoms with Crippen molar-refractivity contribution >= 4 is 11.9 Å². The number of aliphatic imine (C=N–C) groups is 1. The van der Waals surface area contributed by atoms with Gasteiger partial charge in [0, 0.05) is 39.4 Å². The molecule has 0 bridgehead atoms. The Morgan fingerprint density at radius 2 is 1.65 bits per heavy atom. The lowest BCUT2D eigenvalue weighted by Gasteiger charge is -2.24. The molecule has 0 saturated heterocycles. The van der Waals surface area contributed by atoms with E-state index in [0.29, 0.717) is 19.0 Å². The maximum atomic E-state index is 12.5. The predicted octanol–water partition coefficient (Wildman–Crippen LogP) is 2.03. The third-order valence-corrected chi connectivity index (χ3v) is 3.64. The van der Waals surface area contributed by atoms with Gasteiger partial charge in [-0.25, -0.2) is 0 Å². The number of hydrogen-bond donors (Lipinski definition) is 3. The molecule has 146 valence electrons. The quantitative estimate of drug-likeness (QED) is 0.388. The third-order valence-electron chi connectivity index (χ3n) is 3.64. The number of hydrogen-bond acceptors (Lipinski definition) is 3. The van der Waals surface area contributed by atoms with Crippen LogP contribution < -0.4 is 16.0 Å².